The van der Waals surface area contributed by atoms with Crippen molar-refractivity contribution in [2.75, 3.05) is 26.8 Å². The molecule has 0 aliphatic carbocycles. The number of nitrogens with one attached hydrogen (secondary N) is 1. The topological polar surface area (TPSA) is 50.7 Å². The van der Waals surface area contributed by atoms with Crippen LogP contribution in [-0.2, 0) is 11.1 Å². The number of benzene rings is 1. The molecule has 1 aromatic rings. The average molecular weight is 278 g/mol. The molecule has 0 aliphatic heterocycles. The molecule has 2 N–H and O–H groups in total. The van der Waals surface area contributed by atoms with Gasteiger partial charge in [0, 0.05) is 32.0 Å². The molecular weight excluding hydrogens is 242 g/mol. The Bertz CT molecular complexity index is 675. The molecule has 0 radical (unpaired) electrons. The van der Waals surface area contributed by atoms with Crippen molar-refractivity contribution in [2.24, 2.45) is 0 Å². The second-order valence-corrected chi connectivity index (χ2v) is 3.68. The third-order valence-corrected chi connectivity index (χ3v) is 2.11. The minimum atomic E-state index is -3.17. The van der Waals surface area contributed by atoms with Gasteiger partial charge in [0.2, 0.25) is 0 Å². The zero-order valence-electron chi connectivity index (χ0n) is 21.6. The summed E-state index contributed by atoms with van der Waals surface area (Å²) in [6.07, 6.45) is -3.78. The van der Waals surface area contributed by atoms with Crippen LogP contribution in [-0.4, -0.2) is 44.0 Å². The van der Waals surface area contributed by atoms with Crippen LogP contribution in [0.1, 0.15) is 34.3 Å². The molecule has 0 saturated heterocycles. The maximum atomic E-state index is 9.96. The highest BCUT2D eigenvalue weighted by Crippen LogP contribution is 2.12. The van der Waals surface area contributed by atoms with Gasteiger partial charge in [-0.3, -0.25) is 0 Å². The summed E-state index contributed by atoms with van der Waals surface area (Å²) < 4.78 is 92.4. The summed E-state index contributed by atoms with van der Waals surface area (Å²) in [7, 11) is 1.05. The molecule has 108 valence electrons. The first kappa shape index (κ1) is 6.12. The van der Waals surface area contributed by atoms with Gasteiger partial charge in [0.25, 0.3) is 0 Å². The van der Waals surface area contributed by atoms with Gasteiger partial charge in [0.1, 0.15) is 18.5 Å². The lowest BCUT2D eigenvalue weighted by Crippen LogP contribution is -2.35. The van der Waals surface area contributed by atoms with Gasteiger partial charge < -0.3 is 19.9 Å². The van der Waals surface area contributed by atoms with Crippen LogP contribution >= 0.6 is 0 Å². The number of methoxy groups -OCH3 is 1. The van der Waals surface area contributed by atoms with Crippen LogP contribution in [0.25, 0.3) is 0 Å². The lowest BCUT2D eigenvalue weighted by atomic mass is 10.1. The van der Waals surface area contributed by atoms with E-state index in [2.05, 4.69) is 10.1 Å². The number of aliphatic hydroxyl groups is 1. The van der Waals surface area contributed by atoms with Crippen molar-refractivity contribution in [3.63, 3.8) is 0 Å². The molecule has 4 nitrogen and oxygen atoms in total. The molecule has 1 aromatic carbocycles. The monoisotopic (exact) mass is 278 g/mol. The number of ether oxygens (including phenoxy) is 2. The summed E-state index contributed by atoms with van der Waals surface area (Å²) in [6.45, 7) is -9.79. The van der Waals surface area contributed by atoms with Crippen LogP contribution in [0.3, 0.4) is 0 Å². The zero-order chi connectivity index (χ0) is 23.6. The first-order valence-electron chi connectivity index (χ1n) is 11.1. The van der Waals surface area contributed by atoms with E-state index in [9.17, 15) is 5.11 Å². The minimum Gasteiger partial charge on any atom is -0.491 e. The van der Waals surface area contributed by atoms with E-state index in [1.165, 1.54) is 24.3 Å². The summed E-state index contributed by atoms with van der Waals surface area (Å²) in [5.74, 6) is 0.204. The van der Waals surface area contributed by atoms with E-state index in [0.29, 0.717) is 0 Å². The molecule has 0 saturated carbocycles. The Hall–Kier alpha value is -1.10. The molecular formula is C15H25NO3. The molecule has 0 amide bonds. The summed E-state index contributed by atoms with van der Waals surface area (Å²) in [6, 6.07) is 2.30. The van der Waals surface area contributed by atoms with Gasteiger partial charge in [-0.05, 0) is 24.1 Å². The van der Waals surface area contributed by atoms with E-state index < -0.39 is 45.3 Å². The van der Waals surface area contributed by atoms with Crippen LogP contribution in [0.15, 0.2) is 24.3 Å². The van der Waals surface area contributed by atoms with E-state index in [4.69, 9.17) is 19.8 Å². The van der Waals surface area contributed by atoms with E-state index in [1.807, 2.05) is 0 Å². The molecule has 4 heteroatoms. The van der Waals surface area contributed by atoms with Crippen LogP contribution in [0.2, 0.25) is 0 Å². The standard InChI is InChI=1S/C15H25NO3/c1-12(2)16-10-14(17)11-19-15-6-4-13(5-7-15)8-9-18-3/h4-7,12,14,16-17H,8-11H2,1-3H3/i1D3,2D3,8D2,9D2,12D. The van der Waals surface area contributed by atoms with E-state index in [1.54, 1.807) is 0 Å². The van der Waals surface area contributed by atoms with Gasteiger partial charge in [-0.25, -0.2) is 0 Å². The van der Waals surface area contributed by atoms with Gasteiger partial charge in [0.05, 0.1) is 9.30 Å². The van der Waals surface area contributed by atoms with Crippen molar-refractivity contribution < 1.29 is 29.7 Å². The number of aliphatic hydroxyl groups excluding tert-OH is 1. The van der Waals surface area contributed by atoms with Gasteiger partial charge in [-0.2, -0.15) is 0 Å². The predicted molar refractivity (Wildman–Crippen MR) is 76.7 cm³/mol. The minimum absolute atomic E-state index is 0.00161. The normalized spacial score (nSPS) is 24.6. The van der Waals surface area contributed by atoms with Crippen LogP contribution < -0.4 is 10.1 Å². The van der Waals surface area contributed by atoms with Crippen molar-refractivity contribution in [1.29, 1.82) is 0 Å². The molecule has 1 unspecified atom stereocenters. The fraction of sp³-hybridized carbons (Fsp3) is 0.600. The Morgan fingerprint density at radius 1 is 1.42 bits per heavy atom. The van der Waals surface area contributed by atoms with E-state index in [-0.39, 0.29) is 17.9 Å². The molecule has 0 bridgehead atoms. The quantitative estimate of drug-likeness (QED) is 0.720. The highest BCUT2D eigenvalue weighted by molar-refractivity contribution is 5.27. The van der Waals surface area contributed by atoms with Crippen molar-refractivity contribution in [1.82, 2.24) is 5.32 Å². The van der Waals surface area contributed by atoms with Crippen LogP contribution in [0.5, 0.6) is 5.75 Å². The highest BCUT2D eigenvalue weighted by atomic mass is 16.5. The Kier molecular flexibility index (Phi) is 2.87. The van der Waals surface area contributed by atoms with E-state index >= 15 is 0 Å². The number of rotatable bonds is 9. The third kappa shape index (κ3) is 7.15. The molecule has 0 spiro atoms. The lowest BCUT2D eigenvalue weighted by molar-refractivity contribution is 0.104. The highest BCUT2D eigenvalue weighted by Gasteiger charge is 2.05. The van der Waals surface area contributed by atoms with Crippen LogP contribution in [0, 0.1) is 0 Å². The second-order valence-electron chi connectivity index (χ2n) is 3.68. The first-order valence-corrected chi connectivity index (χ1v) is 5.60. The molecule has 0 aromatic heterocycles. The number of hydrogen-bond donors (Lipinski definition) is 2. The number of hydrogen-bond acceptors (Lipinski definition) is 4. The van der Waals surface area contributed by atoms with Gasteiger partial charge in [0.15, 0.2) is 0 Å². The molecule has 1 rings (SSSR count). The Balaban J connectivity index is 2.73. The maximum Gasteiger partial charge on any atom is 0.119 e. The Morgan fingerprint density at radius 2 is 2.16 bits per heavy atom. The zero-order valence-corrected chi connectivity index (χ0v) is 10.6. The summed E-state index contributed by atoms with van der Waals surface area (Å²) in [5, 5.41) is 12.0. The Morgan fingerprint density at radius 3 is 2.79 bits per heavy atom. The molecule has 19 heavy (non-hydrogen) atoms. The van der Waals surface area contributed by atoms with Crippen molar-refractivity contribution in [2.45, 2.75) is 32.2 Å². The average Bonchev–Trinajstić information content (AvgIpc) is 2.62. The smallest absolute Gasteiger partial charge is 0.119 e. The van der Waals surface area contributed by atoms with Crippen molar-refractivity contribution in [3.8, 4) is 5.75 Å². The number of aryl methyl sites for hydroxylation is 1. The fourth-order valence-electron chi connectivity index (χ4n) is 1.22. The van der Waals surface area contributed by atoms with Gasteiger partial charge >= 0.3 is 0 Å². The molecule has 0 fully saturated rings. The molecule has 0 heterocycles. The SMILES string of the molecule is [2H]C([2H])([2H])C([2H])(NCC(O)COc1ccc(C([2H])([2H])C([2H])([2H])OC)cc1)C([2H])([2H])[2H]. The molecule has 1 atom stereocenters. The second kappa shape index (κ2) is 8.91. The maximum absolute atomic E-state index is 9.96. The lowest BCUT2D eigenvalue weighted by Gasteiger charge is -2.15. The summed E-state index contributed by atoms with van der Waals surface area (Å²) >= 11 is 0. The summed E-state index contributed by atoms with van der Waals surface area (Å²) in [4.78, 5) is 0. The third-order valence-electron chi connectivity index (χ3n) is 2.11. The van der Waals surface area contributed by atoms with Crippen molar-refractivity contribution in [3.05, 3.63) is 29.8 Å². The molecule has 0 aliphatic rings. The predicted octanol–water partition coefficient (Wildman–Crippen LogP) is 1.61. The van der Waals surface area contributed by atoms with Crippen LogP contribution in [0.4, 0.5) is 0 Å². The first-order chi connectivity index (χ1) is 13.4. The van der Waals surface area contributed by atoms with Crippen molar-refractivity contribution >= 4 is 0 Å². The van der Waals surface area contributed by atoms with Gasteiger partial charge in [-0.1, -0.05) is 25.8 Å². The van der Waals surface area contributed by atoms with Gasteiger partial charge in [-0.15, -0.1) is 0 Å². The van der Waals surface area contributed by atoms with E-state index in [0.717, 1.165) is 7.11 Å². The largest absolute Gasteiger partial charge is 0.491 e. The Labute approximate surface area is 131 Å². The summed E-state index contributed by atoms with van der Waals surface area (Å²) in [5.41, 5.74) is -0.00161. The fourth-order valence-corrected chi connectivity index (χ4v) is 1.22.